The largest absolute Gasteiger partial charge is 0.456 e. The van der Waals surface area contributed by atoms with Gasteiger partial charge in [-0.2, -0.15) is 0 Å². The molecule has 1 aromatic heterocycles. The molecule has 12 rings (SSSR count). The van der Waals surface area contributed by atoms with Crippen LogP contribution < -0.4 is 4.90 Å². The molecular formula is C54H39NO. The minimum absolute atomic E-state index is 0.0470. The Balaban J connectivity index is 1.10. The van der Waals surface area contributed by atoms with Gasteiger partial charge in [0.25, 0.3) is 0 Å². The van der Waals surface area contributed by atoms with Crippen LogP contribution in [0.3, 0.4) is 0 Å². The van der Waals surface area contributed by atoms with Crippen LogP contribution in [0.4, 0.5) is 17.1 Å². The SMILES string of the molecule is CC1(C)c2ccccc2-c2c1ccc1c2C(C)(C)c2cc(N(c3ccc4c(c3)oc3ccccc34)c3ccc4c5ccccc5c5ccccc5c4c3)ccc2-1. The molecule has 0 aliphatic heterocycles. The molecule has 266 valence electrons. The summed E-state index contributed by atoms with van der Waals surface area (Å²) in [4.78, 5) is 2.43. The fourth-order valence-corrected chi connectivity index (χ4v) is 10.6. The molecule has 2 heteroatoms. The number of hydrogen-bond acceptors (Lipinski definition) is 2. The van der Waals surface area contributed by atoms with Crippen molar-refractivity contribution in [3.63, 3.8) is 0 Å². The molecule has 2 aliphatic rings. The Hall–Kier alpha value is -6.64. The van der Waals surface area contributed by atoms with Crippen LogP contribution in [0.25, 0.3) is 76.5 Å². The zero-order valence-electron chi connectivity index (χ0n) is 31.9. The van der Waals surface area contributed by atoms with Gasteiger partial charge in [-0.15, -0.1) is 0 Å². The van der Waals surface area contributed by atoms with Crippen LogP contribution in [-0.2, 0) is 10.8 Å². The molecule has 0 spiro atoms. The van der Waals surface area contributed by atoms with Gasteiger partial charge in [-0.05, 0) is 119 Å². The first-order valence-corrected chi connectivity index (χ1v) is 19.8. The third-order valence-corrected chi connectivity index (χ3v) is 13.2. The van der Waals surface area contributed by atoms with Crippen molar-refractivity contribution in [2.75, 3.05) is 4.90 Å². The highest BCUT2D eigenvalue weighted by atomic mass is 16.3. The number of para-hydroxylation sites is 1. The molecule has 2 aliphatic carbocycles. The first kappa shape index (κ1) is 31.7. The van der Waals surface area contributed by atoms with Crippen LogP contribution in [-0.4, -0.2) is 0 Å². The molecule has 0 saturated heterocycles. The topological polar surface area (TPSA) is 16.4 Å². The number of nitrogens with zero attached hydrogens (tertiary/aromatic N) is 1. The average Bonchev–Trinajstić information content (AvgIpc) is 3.80. The van der Waals surface area contributed by atoms with Gasteiger partial charge in [0.05, 0.1) is 0 Å². The van der Waals surface area contributed by atoms with Gasteiger partial charge in [-0.25, -0.2) is 0 Å². The monoisotopic (exact) mass is 717 g/mol. The summed E-state index contributed by atoms with van der Waals surface area (Å²) in [6.45, 7) is 9.61. The lowest BCUT2D eigenvalue weighted by molar-refractivity contribution is 0.647. The molecule has 0 radical (unpaired) electrons. The lowest BCUT2D eigenvalue weighted by atomic mass is 9.77. The van der Waals surface area contributed by atoms with Gasteiger partial charge in [0.1, 0.15) is 11.2 Å². The Labute approximate surface area is 326 Å². The molecule has 0 N–H and O–H groups in total. The summed E-state index contributed by atoms with van der Waals surface area (Å²) < 4.78 is 6.50. The van der Waals surface area contributed by atoms with Crippen LogP contribution in [0.2, 0.25) is 0 Å². The van der Waals surface area contributed by atoms with E-state index < -0.39 is 0 Å². The maximum absolute atomic E-state index is 6.50. The number of benzene rings is 9. The zero-order chi connectivity index (χ0) is 37.5. The maximum Gasteiger partial charge on any atom is 0.137 e. The van der Waals surface area contributed by atoms with E-state index in [9.17, 15) is 0 Å². The Kier molecular flexibility index (Phi) is 6.22. The summed E-state index contributed by atoms with van der Waals surface area (Å²) in [5.41, 5.74) is 15.9. The normalized spacial score (nSPS) is 14.7. The van der Waals surface area contributed by atoms with Crippen LogP contribution in [0.5, 0.6) is 0 Å². The van der Waals surface area contributed by atoms with Gasteiger partial charge in [-0.1, -0.05) is 143 Å². The molecule has 1 heterocycles. The number of hydrogen-bond donors (Lipinski definition) is 0. The van der Waals surface area contributed by atoms with E-state index in [1.54, 1.807) is 0 Å². The first-order valence-electron chi connectivity index (χ1n) is 19.8. The zero-order valence-corrected chi connectivity index (χ0v) is 31.9. The highest BCUT2D eigenvalue weighted by Crippen LogP contribution is 2.59. The van der Waals surface area contributed by atoms with E-state index in [-0.39, 0.29) is 10.8 Å². The van der Waals surface area contributed by atoms with Crippen molar-refractivity contribution in [3.8, 4) is 22.3 Å². The summed E-state index contributed by atoms with van der Waals surface area (Å²) in [6, 6.07) is 60.7. The van der Waals surface area contributed by atoms with Crippen molar-refractivity contribution >= 4 is 71.3 Å². The summed E-state index contributed by atoms with van der Waals surface area (Å²) in [7, 11) is 0. The molecule has 0 saturated carbocycles. The Bertz CT molecular complexity index is 3290. The van der Waals surface area contributed by atoms with E-state index >= 15 is 0 Å². The molecule has 0 unspecified atom stereocenters. The van der Waals surface area contributed by atoms with E-state index in [4.69, 9.17) is 4.42 Å². The fourth-order valence-electron chi connectivity index (χ4n) is 10.6. The summed E-state index contributed by atoms with van der Waals surface area (Å²) in [6.07, 6.45) is 0. The van der Waals surface area contributed by atoms with Crippen LogP contribution in [0.1, 0.15) is 49.9 Å². The van der Waals surface area contributed by atoms with E-state index in [0.29, 0.717) is 0 Å². The van der Waals surface area contributed by atoms with Gasteiger partial charge in [0.2, 0.25) is 0 Å². The predicted molar refractivity (Wildman–Crippen MR) is 236 cm³/mol. The second-order valence-corrected chi connectivity index (χ2v) is 16.9. The van der Waals surface area contributed by atoms with Crippen molar-refractivity contribution in [3.05, 3.63) is 186 Å². The van der Waals surface area contributed by atoms with Gasteiger partial charge >= 0.3 is 0 Å². The van der Waals surface area contributed by atoms with E-state index in [0.717, 1.165) is 39.0 Å². The number of furan rings is 1. The smallest absolute Gasteiger partial charge is 0.137 e. The molecular weight excluding hydrogens is 679 g/mol. The molecule has 9 aromatic carbocycles. The molecule has 0 amide bonds. The van der Waals surface area contributed by atoms with Gasteiger partial charge in [0.15, 0.2) is 0 Å². The minimum Gasteiger partial charge on any atom is -0.456 e. The van der Waals surface area contributed by atoms with Crippen molar-refractivity contribution in [1.82, 2.24) is 0 Å². The van der Waals surface area contributed by atoms with Crippen LogP contribution in [0.15, 0.2) is 168 Å². The third-order valence-electron chi connectivity index (χ3n) is 13.2. The van der Waals surface area contributed by atoms with E-state index in [2.05, 4.69) is 190 Å². The highest BCUT2D eigenvalue weighted by molar-refractivity contribution is 6.26. The summed E-state index contributed by atoms with van der Waals surface area (Å²) in [5, 5.41) is 9.87. The molecule has 56 heavy (non-hydrogen) atoms. The third kappa shape index (κ3) is 4.11. The lowest BCUT2D eigenvalue weighted by Gasteiger charge is -2.29. The highest BCUT2D eigenvalue weighted by Gasteiger charge is 2.44. The van der Waals surface area contributed by atoms with Crippen molar-refractivity contribution in [2.24, 2.45) is 0 Å². The molecule has 2 nitrogen and oxygen atoms in total. The summed E-state index contributed by atoms with van der Waals surface area (Å²) in [5.74, 6) is 0. The van der Waals surface area contributed by atoms with Crippen molar-refractivity contribution in [1.29, 1.82) is 0 Å². The van der Waals surface area contributed by atoms with Gasteiger partial charge in [0, 0.05) is 44.7 Å². The Morgan fingerprint density at radius 1 is 0.357 bits per heavy atom. The second kappa shape index (κ2) is 11.0. The van der Waals surface area contributed by atoms with E-state index in [1.165, 1.54) is 76.8 Å². The Morgan fingerprint density at radius 2 is 0.893 bits per heavy atom. The van der Waals surface area contributed by atoms with Gasteiger partial charge in [-0.3, -0.25) is 0 Å². The number of fused-ring (bicyclic) bond motifs is 16. The average molecular weight is 718 g/mol. The summed E-state index contributed by atoms with van der Waals surface area (Å²) >= 11 is 0. The van der Waals surface area contributed by atoms with Crippen LogP contribution >= 0.6 is 0 Å². The standard InChI is InChI=1S/C54H39NO/c1-53(2)46-19-11-9-18-44(46)51-47(53)28-27-43-40-25-22-33(30-48(40)54(3,4)52(43)51)55(34-23-26-42-41-17-10-12-20-49(41)56-50(42)31-34)32-21-24-39-37-15-6-5-13-35(37)36-14-7-8-16-38(36)45(39)29-32/h5-31H,1-4H3. The lowest BCUT2D eigenvalue weighted by Crippen LogP contribution is -2.19. The first-order chi connectivity index (χ1) is 27.3. The quantitative estimate of drug-likeness (QED) is 0.169. The predicted octanol–water partition coefficient (Wildman–Crippen LogP) is 15.1. The molecule has 0 atom stereocenters. The van der Waals surface area contributed by atoms with E-state index in [1.807, 2.05) is 6.07 Å². The number of anilines is 3. The number of rotatable bonds is 3. The van der Waals surface area contributed by atoms with Gasteiger partial charge < -0.3 is 9.32 Å². The van der Waals surface area contributed by atoms with Crippen molar-refractivity contribution in [2.45, 2.75) is 38.5 Å². The second-order valence-electron chi connectivity index (χ2n) is 16.9. The molecule has 0 fully saturated rings. The Morgan fingerprint density at radius 3 is 1.64 bits per heavy atom. The molecule has 10 aromatic rings. The minimum atomic E-state index is -0.216. The van der Waals surface area contributed by atoms with Crippen molar-refractivity contribution < 1.29 is 4.42 Å². The molecule has 0 bridgehead atoms. The van der Waals surface area contributed by atoms with Crippen LogP contribution in [0, 0.1) is 0 Å². The maximum atomic E-state index is 6.50. The fraction of sp³-hybridized carbons (Fsp3) is 0.111.